The highest BCUT2D eigenvalue weighted by Gasteiger charge is 2.22. The van der Waals surface area contributed by atoms with Crippen LogP contribution < -0.4 is 9.64 Å². The van der Waals surface area contributed by atoms with E-state index in [9.17, 15) is 14.4 Å². The number of hydrogen-bond acceptors (Lipinski definition) is 5. The molecule has 1 heterocycles. The molecule has 0 aromatic heterocycles. The first-order valence-corrected chi connectivity index (χ1v) is 10.0. The summed E-state index contributed by atoms with van der Waals surface area (Å²) in [5, 5.41) is 0. The van der Waals surface area contributed by atoms with Crippen LogP contribution >= 0.6 is 0 Å². The number of rotatable bonds is 8. The van der Waals surface area contributed by atoms with Gasteiger partial charge >= 0.3 is 5.97 Å². The molecule has 0 N–H and O–H groups in total. The van der Waals surface area contributed by atoms with E-state index < -0.39 is 5.97 Å². The van der Waals surface area contributed by atoms with E-state index in [0.717, 1.165) is 23.4 Å². The van der Waals surface area contributed by atoms with Gasteiger partial charge in [0.2, 0.25) is 5.91 Å². The largest absolute Gasteiger partial charge is 0.494 e. The molecule has 1 saturated heterocycles. The van der Waals surface area contributed by atoms with Gasteiger partial charge in [0.15, 0.2) is 6.61 Å². The van der Waals surface area contributed by atoms with Crippen molar-refractivity contribution in [2.75, 3.05) is 31.7 Å². The number of carbonyl (C=O) groups excluding carboxylic acids is 3. The quantitative estimate of drug-likeness (QED) is 0.626. The fourth-order valence-corrected chi connectivity index (χ4v) is 3.24. The van der Waals surface area contributed by atoms with Crippen LogP contribution in [0.5, 0.6) is 5.75 Å². The lowest BCUT2D eigenvalue weighted by atomic mass is 10.2. The van der Waals surface area contributed by atoms with Crippen molar-refractivity contribution in [2.45, 2.75) is 26.3 Å². The maximum absolute atomic E-state index is 12.3. The first kappa shape index (κ1) is 21.4. The number of amides is 2. The van der Waals surface area contributed by atoms with Crippen molar-refractivity contribution in [2.24, 2.45) is 0 Å². The molecule has 0 unspecified atom stereocenters. The second-order valence-corrected chi connectivity index (χ2v) is 7.10. The molecule has 1 aliphatic rings. The summed E-state index contributed by atoms with van der Waals surface area (Å²) in [6, 6.07) is 14.2. The fraction of sp³-hybridized carbons (Fsp3) is 0.348. The summed E-state index contributed by atoms with van der Waals surface area (Å²) in [7, 11) is 1.66. The Kier molecular flexibility index (Phi) is 7.06. The van der Waals surface area contributed by atoms with E-state index in [-0.39, 0.29) is 18.4 Å². The smallest absolute Gasteiger partial charge is 0.338 e. The summed E-state index contributed by atoms with van der Waals surface area (Å²) >= 11 is 0. The molecule has 1 fully saturated rings. The van der Waals surface area contributed by atoms with Gasteiger partial charge in [-0.1, -0.05) is 12.1 Å². The highest BCUT2D eigenvalue weighted by atomic mass is 16.5. The summed E-state index contributed by atoms with van der Waals surface area (Å²) in [4.78, 5) is 39.5. The van der Waals surface area contributed by atoms with Crippen LogP contribution in [0.4, 0.5) is 5.69 Å². The molecule has 158 valence electrons. The first-order valence-electron chi connectivity index (χ1n) is 10.0. The molecule has 2 aromatic carbocycles. The van der Waals surface area contributed by atoms with Crippen molar-refractivity contribution >= 4 is 23.5 Å². The average molecular weight is 410 g/mol. The number of nitrogens with zero attached hydrogens (tertiary/aromatic N) is 2. The van der Waals surface area contributed by atoms with Gasteiger partial charge in [0.1, 0.15) is 5.75 Å². The molecule has 0 aliphatic carbocycles. The summed E-state index contributed by atoms with van der Waals surface area (Å²) in [6.07, 6.45) is 1.39. The molecule has 0 atom stereocenters. The van der Waals surface area contributed by atoms with Gasteiger partial charge < -0.3 is 19.3 Å². The Labute approximate surface area is 176 Å². The van der Waals surface area contributed by atoms with E-state index in [4.69, 9.17) is 9.47 Å². The van der Waals surface area contributed by atoms with Gasteiger partial charge in [0.05, 0.1) is 12.2 Å². The number of benzene rings is 2. The molecular formula is C23H26N2O5. The zero-order valence-corrected chi connectivity index (χ0v) is 17.3. The molecule has 3 rings (SSSR count). The minimum Gasteiger partial charge on any atom is -0.494 e. The van der Waals surface area contributed by atoms with Crippen molar-refractivity contribution < 1.29 is 23.9 Å². The molecule has 30 heavy (non-hydrogen) atoms. The Bertz CT molecular complexity index is 893. The summed E-state index contributed by atoms with van der Waals surface area (Å²) in [5.74, 6) is 0.00407. The second kappa shape index (κ2) is 9.91. The molecule has 0 radical (unpaired) electrons. The Hall–Kier alpha value is -3.35. The number of likely N-dealkylation sites (N-methyl/N-ethyl adjacent to an activating group) is 1. The number of ether oxygens (including phenoxy) is 2. The normalized spacial score (nSPS) is 13.3. The van der Waals surface area contributed by atoms with E-state index in [1.807, 2.05) is 31.2 Å². The number of esters is 1. The zero-order valence-electron chi connectivity index (χ0n) is 17.3. The van der Waals surface area contributed by atoms with E-state index in [0.29, 0.717) is 31.7 Å². The van der Waals surface area contributed by atoms with Crippen molar-refractivity contribution in [1.29, 1.82) is 0 Å². The minimum absolute atomic E-state index is 0.0893. The van der Waals surface area contributed by atoms with E-state index >= 15 is 0 Å². The Morgan fingerprint density at radius 2 is 1.77 bits per heavy atom. The third kappa shape index (κ3) is 5.37. The molecule has 7 heteroatoms. The van der Waals surface area contributed by atoms with Gasteiger partial charge in [-0.25, -0.2) is 4.79 Å². The monoisotopic (exact) mass is 410 g/mol. The fourth-order valence-electron chi connectivity index (χ4n) is 3.24. The summed E-state index contributed by atoms with van der Waals surface area (Å²) in [5.41, 5.74) is 2.06. The van der Waals surface area contributed by atoms with Gasteiger partial charge in [-0.05, 0) is 55.3 Å². The summed E-state index contributed by atoms with van der Waals surface area (Å²) < 4.78 is 10.6. The third-order valence-corrected chi connectivity index (χ3v) is 4.89. The van der Waals surface area contributed by atoms with Gasteiger partial charge in [-0.3, -0.25) is 9.59 Å². The third-order valence-electron chi connectivity index (χ3n) is 4.89. The lowest BCUT2D eigenvalue weighted by molar-refractivity contribution is -0.133. The minimum atomic E-state index is -0.572. The van der Waals surface area contributed by atoms with Crippen molar-refractivity contribution in [1.82, 2.24) is 4.90 Å². The molecule has 0 spiro atoms. The van der Waals surface area contributed by atoms with Gasteiger partial charge in [0, 0.05) is 32.2 Å². The highest BCUT2D eigenvalue weighted by Crippen LogP contribution is 2.21. The Balaban J connectivity index is 1.48. The number of hydrogen-bond donors (Lipinski definition) is 0. The molecule has 7 nitrogen and oxygen atoms in total. The summed E-state index contributed by atoms with van der Waals surface area (Å²) in [6.45, 7) is 3.28. The van der Waals surface area contributed by atoms with E-state index in [2.05, 4.69) is 0 Å². The maximum Gasteiger partial charge on any atom is 0.338 e. The first-order chi connectivity index (χ1) is 14.5. The standard InChI is InChI=1S/C23H26N2O5/c1-3-29-20-12-6-17(7-13-20)15-24(2)22(27)16-30-23(28)18-8-10-19(11-9-18)25-14-4-5-21(25)26/h6-13H,3-5,14-16H2,1-2H3. The van der Waals surface area contributed by atoms with Crippen molar-refractivity contribution in [3.05, 3.63) is 59.7 Å². The van der Waals surface area contributed by atoms with Gasteiger partial charge in [0.25, 0.3) is 5.91 Å². The Morgan fingerprint density at radius 1 is 1.07 bits per heavy atom. The predicted molar refractivity (Wildman–Crippen MR) is 112 cm³/mol. The van der Waals surface area contributed by atoms with Crippen LogP contribution in [0.1, 0.15) is 35.7 Å². The molecule has 1 aliphatic heterocycles. The molecule has 2 aromatic rings. The predicted octanol–water partition coefficient (Wildman–Crippen LogP) is 3.03. The van der Waals surface area contributed by atoms with E-state index in [1.165, 1.54) is 4.90 Å². The number of anilines is 1. The van der Waals surface area contributed by atoms with Crippen LogP contribution in [0.15, 0.2) is 48.5 Å². The molecular weight excluding hydrogens is 384 g/mol. The lowest BCUT2D eigenvalue weighted by Gasteiger charge is -2.18. The van der Waals surface area contributed by atoms with Crippen LogP contribution in [0.3, 0.4) is 0 Å². The Morgan fingerprint density at radius 3 is 2.37 bits per heavy atom. The van der Waals surface area contributed by atoms with Crippen molar-refractivity contribution in [3.8, 4) is 5.75 Å². The van der Waals surface area contributed by atoms with Crippen LogP contribution in [-0.4, -0.2) is 49.5 Å². The maximum atomic E-state index is 12.3. The van der Waals surface area contributed by atoms with Crippen LogP contribution in [0, 0.1) is 0 Å². The average Bonchev–Trinajstić information content (AvgIpc) is 3.19. The molecule has 0 saturated carbocycles. The molecule has 0 bridgehead atoms. The van der Waals surface area contributed by atoms with Crippen LogP contribution in [0.25, 0.3) is 0 Å². The highest BCUT2D eigenvalue weighted by molar-refractivity contribution is 5.96. The van der Waals surface area contributed by atoms with Gasteiger partial charge in [-0.15, -0.1) is 0 Å². The lowest BCUT2D eigenvalue weighted by Crippen LogP contribution is -2.30. The second-order valence-electron chi connectivity index (χ2n) is 7.10. The van der Waals surface area contributed by atoms with Crippen LogP contribution in [-0.2, 0) is 20.9 Å². The van der Waals surface area contributed by atoms with E-state index in [1.54, 1.807) is 36.2 Å². The molecule has 2 amide bonds. The topological polar surface area (TPSA) is 76.2 Å². The number of carbonyl (C=O) groups is 3. The zero-order chi connectivity index (χ0) is 21.5. The van der Waals surface area contributed by atoms with Gasteiger partial charge in [-0.2, -0.15) is 0 Å². The van der Waals surface area contributed by atoms with Crippen LogP contribution in [0.2, 0.25) is 0 Å². The van der Waals surface area contributed by atoms with Crippen molar-refractivity contribution in [3.63, 3.8) is 0 Å². The SMILES string of the molecule is CCOc1ccc(CN(C)C(=O)COC(=O)c2ccc(N3CCCC3=O)cc2)cc1.